The van der Waals surface area contributed by atoms with Gasteiger partial charge in [-0.25, -0.2) is 4.39 Å². The number of ether oxygens (including phenoxy) is 2. The Morgan fingerprint density at radius 2 is 2.14 bits per heavy atom. The third kappa shape index (κ3) is 6.92. The van der Waals surface area contributed by atoms with E-state index in [-0.39, 0.29) is 24.3 Å². The average Bonchev–Trinajstić information content (AvgIpc) is 3.19. The highest BCUT2D eigenvalue weighted by molar-refractivity contribution is 5.94. The van der Waals surface area contributed by atoms with Crippen molar-refractivity contribution in [1.82, 2.24) is 4.90 Å². The lowest BCUT2D eigenvalue weighted by Crippen LogP contribution is -2.39. The Balaban J connectivity index is 1.58. The molecule has 0 saturated carbocycles. The number of Topliss-reactive ketones (excluding diaryl/α,β-unsaturated/α-hetero) is 1. The Labute approximate surface area is 171 Å². The van der Waals surface area contributed by atoms with Gasteiger partial charge in [0.15, 0.2) is 5.78 Å². The molecule has 1 heterocycles. The second-order valence-corrected chi connectivity index (χ2v) is 7.51. The smallest absolute Gasteiger partial charge is 0.159 e. The number of halogens is 1. The van der Waals surface area contributed by atoms with Crippen molar-refractivity contribution >= 4 is 5.78 Å². The van der Waals surface area contributed by atoms with Gasteiger partial charge in [0.1, 0.15) is 24.3 Å². The molecule has 6 heteroatoms. The molecule has 1 N–H and O–H groups in total. The Hall–Kier alpha value is -2.28. The van der Waals surface area contributed by atoms with Gasteiger partial charge in [-0.3, -0.25) is 9.69 Å². The zero-order chi connectivity index (χ0) is 20.6. The van der Waals surface area contributed by atoms with Gasteiger partial charge >= 0.3 is 0 Å². The van der Waals surface area contributed by atoms with Gasteiger partial charge in [-0.1, -0.05) is 24.3 Å². The highest BCUT2D eigenvalue weighted by Gasteiger charge is 2.21. The van der Waals surface area contributed by atoms with Gasteiger partial charge < -0.3 is 14.6 Å². The predicted octanol–water partition coefficient (Wildman–Crippen LogP) is 3.45. The second kappa shape index (κ2) is 10.5. The molecule has 0 amide bonds. The summed E-state index contributed by atoms with van der Waals surface area (Å²) in [6, 6.07) is 13.4. The van der Waals surface area contributed by atoms with Crippen LogP contribution in [-0.4, -0.2) is 54.3 Å². The summed E-state index contributed by atoms with van der Waals surface area (Å²) in [4.78, 5) is 13.6. The number of benzene rings is 2. The topological polar surface area (TPSA) is 59.0 Å². The van der Waals surface area contributed by atoms with E-state index in [1.54, 1.807) is 30.3 Å². The fraction of sp³-hybridized carbons (Fsp3) is 0.435. The van der Waals surface area contributed by atoms with Crippen LogP contribution >= 0.6 is 0 Å². The molecule has 3 rings (SSSR count). The summed E-state index contributed by atoms with van der Waals surface area (Å²) in [7, 11) is 0. The van der Waals surface area contributed by atoms with Crippen molar-refractivity contribution in [3.05, 3.63) is 65.5 Å². The van der Waals surface area contributed by atoms with E-state index in [4.69, 9.17) is 9.47 Å². The minimum absolute atomic E-state index is 0.0335. The molecule has 0 aliphatic carbocycles. The van der Waals surface area contributed by atoms with Crippen LogP contribution in [0.3, 0.4) is 0 Å². The SMILES string of the molecule is CC(=O)c1cccc(OCC(O)CN(Cc2cccc(F)c2)CC2CCCO2)c1. The number of ketones is 1. The van der Waals surface area contributed by atoms with Crippen LogP contribution in [0.5, 0.6) is 5.75 Å². The van der Waals surface area contributed by atoms with Crippen molar-refractivity contribution in [2.75, 3.05) is 26.3 Å². The van der Waals surface area contributed by atoms with Crippen molar-refractivity contribution in [2.45, 2.75) is 38.5 Å². The van der Waals surface area contributed by atoms with Crippen molar-refractivity contribution in [1.29, 1.82) is 0 Å². The molecule has 1 aliphatic rings. The molecular weight excluding hydrogens is 373 g/mol. The van der Waals surface area contributed by atoms with E-state index in [2.05, 4.69) is 4.90 Å². The first-order chi connectivity index (χ1) is 14.0. The van der Waals surface area contributed by atoms with Gasteiger partial charge in [0, 0.05) is 31.8 Å². The molecule has 0 bridgehead atoms. The van der Waals surface area contributed by atoms with E-state index in [1.165, 1.54) is 19.1 Å². The number of hydrogen-bond acceptors (Lipinski definition) is 5. The van der Waals surface area contributed by atoms with Gasteiger partial charge in [-0.05, 0) is 49.6 Å². The standard InChI is InChI=1S/C23H28FNO4/c1-17(26)19-6-3-8-22(12-19)29-16-21(27)14-25(15-23-9-4-10-28-23)13-18-5-2-7-20(24)11-18/h2-3,5-8,11-12,21,23,27H,4,9-10,13-16H2,1H3. The second-order valence-electron chi connectivity index (χ2n) is 7.51. The highest BCUT2D eigenvalue weighted by Crippen LogP contribution is 2.17. The molecule has 29 heavy (non-hydrogen) atoms. The largest absolute Gasteiger partial charge is 0.491 e. The highest BCUT2D eigenvalue weighted by atomic mass is 19.1. The number of aliphatic hydroxyl groups is 1. The summed E-state index contributed by atoms with van der Waals surface area (Å²) in [5, 5.41) is 10.5. The molecule has 1 saturated heterocycles. The quantitative estimate of drug-likeness (QED) is 0.618. The van der Waals surface area contributed by atoms with E-state index in [9.17, 15) is 14.3 Å². The lowest BCUT2D eigenvalue weighted by molar-refractivity contribution is 0.0313. The normalized spacial score (nSPS) is 17.4. The Kier molecular flexibility index (Phi) is 7.75. The molecule has 2 aromatic rings. The summed E-state index contributed by atoms with van der Waals surface area (Å²) in [6.07, 6.45) is 1.43. The maximum atomic E-state index is 13.5. The maximum Gasteiger partial charge on any atom is 0.159 e. The van der Waals surface area contributed by atoms with Gasteiger partial charge in [0.25, 0.3) is 0 Å². The Morgan fingerprint density at radius 1 is 1.31 bits per heavy atom. The Bertz CT molecular complexity index is 807. The molecule has 5 nitrogen and oxygen atoms in total. The summed E-state index contributed by atoms with van der Waals surface area (Å²) in [6.45, 7) is 3.94. The van der Waals surface area contributed by atoms with Crippen molar-refractivity contribution < 1.29 is 23.8 Å². The molecular formula is C23H28FNO4. The van der Waals surface area contributed by atoms with Crippen molar-refractivity contribution in [3.8, 4) is 5.75 Å². The molecule has 1 aliphatic heterocycles. The molecule has 0 radical (unpaired) electrons. The van der Waals surface area contributed by atoms with E-state index in [1.807, 2.05) is 6.07 Å². The number of aliphatic hydroxyl groups excluding tert-OH is 1. The third-order valence-corrected chi connectivity index (χ3v) is 4.93. The van der Waals surface area contributed by atoms with Crippen LogP contribution in [0.15, 0.2) is 48.5 Å². The monoisotopic (exact) mass is 401 g/mol. The molecule has 0 spiro atoms. The maximum absolute atomic E-state index is 13.5. The molecule has 2 unspecified atom stereocenters. The van der Waals surface area contributed by atoms with Crippen molar-refractivity contribution in [3.63, 3.8) is 0 Å². The van der Waals surface area contributed by atoms with Gasteiger partial charge in [-0.15, -0.1) is 0 Å². The van der Waals surface area contributed by atoms with Crippen molar-refractivity contribution in [2.24, 2.45) is 0 Å². The summed E-state index contributed by atoms with van der Waals surface area (Å²) in [5.74, 6) is 0.246. The molecule has 0 aromatic heterocycles. The predicted molar refractivity (Wildman–Crippen MR) is 109 cm³/mol. The first-order valence-electron chi connectivity index (χ1n) is 10.00. The van der Waals surface area contributed by atoms with Gasteiger partial charge in [0.05, 0.1) is 6.10 Å². The van der Waals surface area contributed by atoms with Gasteiger partial charge in [0.2, 0.25) is 0 Å². The van der Waals surface area contributed by atoms with Crippen LogP contribution in [0.1, 0.15) is 35.7 Å². The minimum atomic E-state index is -0.731. The molecule has 156 valence electrons. The number of carbonyl (C=O) groups excluding carboxylic acids is 1. The van der Waals surface area contributed by atoms with E-state index in [0.29, 0.717) is 30.9 Å². The first-order valence-corrected chi connectivity index (χ1v) is 10.00. The van der Waals surface area contributed by atoms with Gasteiger partial charge in [-0.2, -0.15) is 0 Å². The van der Waals surface area contributed by atoms with E-state index < -0.39 is 6.10 Å². The molecule has 1 fully saturated rings. The third-order valence-electron chi connectivity index (χ3n) is 4.93. The summed E-state index contributed by atoms with van der Waals surface area (Å²) < 4.78 is 25.0. The number of carbonyl (C=O) groups is 1. The van der Waals surface area contributed by atoms with Crippen LogP contribution in [-0.2, 0) is 11.3 Å². The average molecular weight is 401 g/mol. The van der Waals surface area contributed by atoms with Crippen LogP contribution < -0.4 is 4.74 Å². The number of rotatable bonds is 10. The van der Waals surface area contributed by atoms with Crippen LogP contribution in [0.4, 0.5) is 4.39 Å². The van der Waals surface area contributed by atoms with E-state index in [0.717, 1.165) is 25.0 Å². The zero-order valence-corrected chi connectivity index (χ0v) is 16.7. The number of nitrogens with zero attached hydrogens (tertiary/aromatic N) is 1. The first kappa shape index (κ1) is 21.4. The molecule has 2 aromatic carbocycles. The molecule has 2 atom stereocenters. The number of hydrogen-bond donors (Lipinski definition) is 1. The fourth-order valence-electron chi connectivity index (χ4n) is 3.52. The minimum Gasteiger partial charge on any atom is -0.491 e. The lowest BCUT2D eigenvalue weighted by Gasteiger charge is -2.27. The van der Waals surface area contributed by atoms with Crippen LogP contribution in [0, 0.1) is 5.82 Å². The lowest BCUT2D eigenvalue weighted by atomic mass is 10.1. The zero-order valence-electron chi connectivity index (χ0n) is 16.7. The Morgan fingerprint density at radius 3 is 2.86 bits per heavy atom. The van der Waals surface area contributed by atoms with Crippen LogP contribution in [0.2, 0.25) is 0 Å². The fourth-order valence-corrected chi connectivity index (χ4v) is 3.52. The van der Waals surface area contributed by atoms with Crippen LogP contribution in [0.25, 0.3) is 0 Å². The summed E-state index contributed by atoms with van der Waals surface area (Å²) >= 11 is 0. The summed E-state index contributed by atoms with van der Waals surface area (Å²) in [5.41, 5.74) is 1.42. The van der Waals surface area contributed by atoms with E-state index >= 15 is 0 Å².